The number of phenols is 1. The average molecular weight is 604 g/mol. The van der Waals surface area contributed by atoms with Crippen molar-refractivity contribution in [1.82, 2.24) is 5.32 Å². The normalized spacial score (nSPS) is 15.8. The molecular weight excluding hydrogens is 590 g/mol. The Morgan fingerprint density at radius 3 is 2.29 bits per heavy atom. The van der Waals surface area contributed by atoms with E-state index in [2.05, 4.69) is 5.32 Å². The van der Waals surface area contributed by atoms with Gasteiger partial charge in [-0.25, -0.2) is 9.69 Å². The molecule has 1 heterocycles. The van der Waals surface area contributed by atoms with Gasteiger partial charge in [-0.05, 0) is 100 Å². The smallest absolute Gasteiger partial charge is 0.335 e. The van der Waals surface area contributed by atoms with E-state index >= 15 is 0 Å². The quantitative estimate of drug-likeness (QED) is 0.316. The summed E-state index contributed by atoms with van der Waals surface area (Å²) in [6.45, 7) is 2.35. The molecule has 0 aromatic heterocycles. The van der Waals surface area contributed by atoms with Gasteiger partial charge in [-0.2, -0.15) is 0 Å². The fraction of sp³-hybridized carbons (Fsp3) is 0.105. The molecule has 1 saturated heterocycles. The fourth-order valence-electron chi connectivity index (χ4n) is 2.59. The molecule has 0 unspecified atom stereocenters. The van der Waals surface area contributed by atoms with Gasteiger partial charge < -0.3 is 9.84 Å². The number of urea groups is 1. The molecule has 0 aliphatic carbocycles. The Kier molecular flexibility index (Phi) is 6.23. The lowest BCUT2D eigenvalue weighted by molar-refractivity contribution is -0.122. The number of imide groups is 2. The van der Waals surface area contributed by atoms with Crippen LogP contribution in [0.4, 0.5) is 10.5 Å². The Hall–Kier alpha value is -2.15. The first-order valence-corrected chi connectivity index (χ1v) is 10.3. The number of hydrogen-bond acceptors (Lipinski definition) is 5. The Labute approximate surface area is 188 Å². The standard InChI is InChI=1S/C19H14I2N2O5/c1-2-28-12-5-3-11(4-6-12)23-18(26)13(17(25)22-19(23)27)7-10-8-14(20)16(24)15(21)9-10/h3-9,24H,2H2,1H3,(H,22,25,27)/b13-7-. The maximum absolute atomic E-state index is 12.9. The third-order valence-electron chi connectivity index (χ3n) is 3.86. The summed E-state index contributed by atoms with van der Waals surface area (Å²) in [5.74, 6) is -0.753. The number of nitrogens with zero attached hydrogens (tertiary/aromatic N) is 1. The Morgan fingerprint density at radius 1 is 1.11 bits per heavy atom. The molecule has 1 aliphatic heterocycles. The number of rotatable bonds is 4. The highest BCUT2D eigenvalue weighted by Gasteiger charge is 2.36. The number of phenolic OH excluding ortho intramolecular Hbond substituents is 1. The van der Waals surface area contributed by atoms with E-state index in [1.165, 1.54) is 6.08 Å². The van der Waals surface area contributed by atoms with E-state index in [-0.39, 0.29) is 11.3 Å². The summed E-state index contributed by atoms with van der Waals surface area (Å²) in [5.41, 5.74) is 0.705. The second-order valence-electron chi connectivity index (χ2n) is 5.72. The maximum atomic E-state index is 12.9. The van der Waals surface area contributed by atoms with Crippen molar-refractivity contribution in [2.75, 3.05) is 11.5 Å². The van der Waals surface area contributed by atoms with E-state index in [0.717, 1.165) is 4.90 Å². The molecule has 7 nitrogen and oxygen atoms in total. The van der Waals surface area contributed by atoms with E-state index in [0.29, 0.717) is 30.7 Å². The highest BCUT2D eigenvalue weighted by atomic mass is 127. The van der Waals surface area contributed by atoms with Gasteiger partial charge in [0.15, 0.2) is 0 Å². The Bertz CT molecular complexity index is 979. The van der Waals surface area contributed by atoms with Crippen LogP contribution < -0.4 is 15.0 Å². The molecule has 2 aromatic rings. The molecule has 2 N–H and O–H groups in total. The summed E-state index contributed by atoms with van der Waals surface area (Å²) < 4.78 is 6.53. The van der Waals surface area contributed by atoms with Crippen LogP contribution in [0.25, 0.3) is 6.08 Å². The molecule has 9 heteroatoms. The number of carbonyl (C=O) groups is 3. The molecule has 1 fully saturated rings. The number of carbonyl (C=O) groups excluding carboxylic acids is 3. The van der Waals surface area contributed by atoms with Crippen LogP contribution in [0.1, 0.15) is 12.5 Å². The fourth-order valence-corrected chi connectivity index (χ4v) is 4.40. The second-order valence-corrected chi connectivity index (χ2v) is 8.04. The van der Waals surface area contributed by atoms with Gasteiger partial charge in [0, 0.05) is 0 Å². The summed E-state index contributed by atoms with van der Waals surface area (Å²) in [4.78, 5) is 38.3. The number of benzene rings is 2. The third kappa shape index (κ3) is 4.14. The van der Waals surface area contributed by atoms with Gasteiger partial charge in [0.2, 0.25) is 0 Å². The van der Waals surface area contributed by atoms with Crippen molar-refractivity contribution in [3.8, 4) is 11.5 Å². The van der Waals surface area contributed by atoms with Crippen LogP contribution >= 0.6 is 45.2 Å². The number of amides is 4. The zero-order chi connectivity index (χ0) is 20.4. The van der Waals surface area contributed by atoms with E-state index in [1.807, 2.05) is 52.1 Å². The predicted octanol–water partition coefficient (Wildman–Crippen LogP) is 3.67. The minimum Gasteiger partial charge on any atom is -0.506 e. The average Bonchev–Trinajstić information content (AvgIpc) is 2.64. The molecular formula is C19H14I2N2O5. The van der Waals surface area contributed by atoms with Crippen LogP contribution in [0.5, 0.6) is 11.5 Å². The van der Waals surface area contributed by atoms with Crippen LogP contribution in [0.15, 0.2) is 42.0 Å². The number of anilines is 1. The van der Waals surface area contributed by atoms with Gasteiger partial charge in [0.25, 0.3) is 11.8 Å². The van der Waals surface area contributed by atoms with Crippen molar-refractivity contribution in [1.29, 1.82) is 0 Å². The molecule has 0 spiro atoms. The van der Waals surface area contributed by atoms with Crippen LogP contribution in [-0.2, 0) is 9.59 Å². The molecule has 2 aromatic carbocycles. The van der Waals surface area contributed by atoms with Gasteiger partial charge in [-0.15, -0.1) is 0 Å². The highest BCUT2D eigenvalue weighted by molar-refractivity contribution is 14.1. The molecule has 4 amide bonds. The zero-order valence-electron chi connectivity index (χ0n) is 14.5. The number of ether oxygens (including phenoxy) is 1. The SMILES string of the molecule is CCOc1ccc(N2C(=O)NC(=O)/C(=C/c3cc(I)c(O)c(I)c3)C2=O)cc1. The largest absolute Gasteiger partial charge is 0.506 e. The summed E-state index contributed by atoms with van der Waals surface area (Å²) in [6.07, 6.45) is 1.40. The molecule has 0 bridgehead atoms. The van der Waals surface area contributed by atoms with E-state index in [4.69, 9.17) is 4.74 Å². The number of hydrogen-bond donors (Lipinski definition) is 2. The highest BCUT2D eigenvalue weighted by Crippen LogP contribution is 2.29. The van der Waals surface area contributed by atoms with Crippen molar-refractivity contribution < 1.29 is 24.2 Å². The molecule has 144 valence electrons. The lowest BCUT2D eigenvalue weighted by Crippen LogP contribution is -2.54. The van der Waals surface area contributed by atoms with Gasteiger partial charge >= 0.3 is 6.03 Å². The Morgan fingerprint density at radius 2 is 1.71 bits per heavy atom. The van der Waals surface area contributed by atoms with Gasteiger partial charge in [0.05, 0.1) is 19.4 Å². The topological polar surface area (TPSA) is 95.9 Å². The molecule has 28 heavy (non-hydrogen) atoms. The van der Waals surface area contributed by atoms with Crippen molar-refractivity contribution in [3.05, 3.63) is 54.7 Å². The molecule has 0 saturated carbocycles. The van der Waals surface area contributed by atoms with E-state index in [9.17, 15) is 19.5 Å². The molecule has 0 atom stereocenters. The second kappa shape index (κ2) is 8.47. The lowest BCUT2D eigenvalue weighted by Gasteiger charge is -2.26. The zero-order valence-corrected chi connectivity index (χ0v) is 18.8. The van der Waals surface area contributed by atoms with Gasteiger partial charge in [-0.3, -0.25) is 14.9 Å². The van der Waals surface area contributed by atoms with Crippen LogP contribution in [0, 0.1) is 7.14 Å². The summed E-state index contributed by atoms with van der Waals surface area (Å²) in [6, 6.07) is 8.90. The molecule has 1 aliphatic rings. The summed E-state index contributed by atoms with van der Waals surface area (Å²) >= 11 is 3.92. The van der Waals surface area contributed by atoms with Crippen LogP contribution in [0.3, 0.4) is 0 Å². The number of aromatic hydroxyl groups is 1. The van der Waals surface area contributed by atoms with E-state index in [1.54, 1.807) is 36.4 Å². The van der Waals surface area contributed by atoms with E-state index < -0.39 is 17.8 Å². The minimum atomic E-state index is -0.814. The van der Waals surface area contributed by atoms with Crippen molar-refractivity contribution >= 4 is 74.8 Å². The first-order valence-electron chi connectivity index (χ1n) is 8.14. The Balaban J connectivity index is 1.98. The molecule has 3 rings (SSSR count). The van der Waals surface area contributed by atoms with Crippen LogP contribution in [0.2, 0.25) is 0 Å². The van der Waals surface area contributed by atoms with Gasteiger partial charge in [-0.1, -0.05) is 0 Å². The molecule has 0 radical (unpaired) electrons. The first kappa shape index (κ1) is 20.6. The third-order valence-corrected chi connectivity index (χ3v) is 5.50. The predicted molar refractivity (Wildman–Crippen MR) is 120 cm³/mol. The van der Waals surface area contributed by atoms with Crippen LogP contribution in [-0.4, -0.2) is 29.6 Å². The van der Waals surface area contributed by atoms with Gasteiger partial charge in [0.1, 0.15) is 17.1 Å². The summed E-state index contributed by atoms with van der Waals surface area (Å²) in [7, 11) is 0. The minimum absolute atomic E-state index is 0.133. The lowest BCUT2D eigenvalue weighted by atomic mass is 10.1. The maximum Gasteiger partial charge on any atom is 0.335 e. The number of barbiturate groups is 1. The number of nitrogens with one attached hydrogen (secondary N) is 1. The number of halogens is 2. The first-order chi connectivity index (χ1) is 13.3. The van der Waals surface area contributed by atoms with Crippen molar-refractivity contribution in [2.24, 2.45) is 0 Å². The monoisotopic (exact) mass is 604 g/mol. The van der Waals surface area contributed by atoms with Crippen molar-refractivity contribution in [2.45, 2.75) is 6.92 Å². The van der Waals surface area contributed by atoms with Crippen molar-refractivity contribution in [3.63, 3.8) is 0 Å². The summed E-state index contributed by atoms with van der Waals surface area (Å²) in [5, 5.41) is 12.1.